The zero-order chi connectivity index (χ0) is 17.4. The lowest BCUT2D eigenvalue weighted by atomic mass is 9.95. The highest BCUT2D eigenvalue weighted by Crippen LogP contribution is 2.28. The van der Waals surface area contributed by atoms with Crippen molar-refractivity contribution in [3.63, 3.8) is 0 Å². The highest BCUT2D eigenvalue weighted by molar-refractivity contribution is 5.78. The standard InChI is InChI=1S/C21H25N3O/c1-14(2)24-12-18-10-16(4-6-20(18)23-24)13-25-21-7-5-17-11-22-9-8-19(17)15(21)3/h4-7,10,12,14,22H,8-9,11,13H2,1-3H3. The van der Waals surface area contributed by atoms with E-state index in [2.05, 4.69) is 67.7 Å². The molecule has 2 heterocycles. The molecule has 4 heteroatoms. The Morgan fingerprint density at radius 3 is 2.96 bits per heavy atom. The molecule has 4 rings (SSSR count). The van der Waals surface area contributed by atoms with Gasteiger partial charge in [-0.1, -0.05) is 12.1 Å². The van der Waals surface area contributed by atoms with Gasteiger partial charge in [-0.3, -0.25) is 4.68 Å². The molecule has 0 amide bonds. The Bertz CT molecular complexity index is 911. The highest BCUT2D eigenvalue weighted by Gasteiger charge is 2.14. The van der Waals surface area contributed by atoms with Crippen LogP contribution in [0.4, 0.5) is 0 Å². The van der Waals surface area contributed by atoms with Gasteiger partial charge in [0.05, 0.1) is 5.52 Å². The van der Waals surface area contributed by atoms with Gasteiger partial charge in [0, 0.05) is 24.2 Å². The molecule has 25 heavy (non-hydrogen) atoms. The van der Waals surface area contributed by atoms with Crippen molar-refractivity contribution < 1.29 is 4.74 Å². The molecule has 3 aromatic rings. The highest BCUT2D eigenvalue weighted by atomic mass is 16.5. The van der Waals surface area contributed by atoms with Gasteiger partial charge in [0.25, 0.3) is 0 Å². The second kappa shape index (κ2) is 6.52. The topological polar surface area (TPSA) is 39.1 Å². The van der Waals surface area contributed by atoms with E-state index in [9.17, 15) is 0 Å². The third-order valence-electron chi connectivity index (χ3n) is 5.02. The summed E-state index contributed by atoms with van der Waals surface area (Å²) >= 11 is 0. The van der Waals surface area contributed by atoms with E-state index in [1.54, 1.807) is 0 Å². The number of hydrogen-bond donors (Lipinski definition) is 1. The summed E-state index contributed by atoms with van der Waals surface area (Å²) in [5.41, 5.74) is 6.35. The molecule has 2 aromatic carbocycles. The zero-order valence-electron chi connectivity index (χ0n) is 15.2. The maximum absolute atomic E-state index is 6.14. The molecule has 0 saturated carbocycles. The summed E-state index contributed by atoms with van der Waals surface area (Å²) < 4.78 is 8.16. The van der Waals surface area contributed by atoms with Crippen molar-refractivity contribution in [3.8, 4) is 5.75 Å². The Kier molecular flexibility index (Phi) is 4.22. The number of ether oxygens (including phenoxy) is 1. The first kappa shape index (κ1) is 16.2. The Morgan fingerprint density at radius 1 is 1.24 bits per heavy atom. The first-order valence-corrected chi connectivity index (χ1v) is 9.04. The Morgan fingerprint density at radius 2 is 2.12 bits per heavy atom. The van der Waals surface area contributed by atoms with Crippen LogP contribution < -0.4 is 10.1 Å². The Hall–Kier alpha value is -2.33. The lowest BCUT2D eigenvalue weighted by Crippen LogP contribution is -2.24. The molecule has 130 valence electrons. The van der Waals surface area contributed by atoms with Crippen molar-refractivity contribution in [1.82, 2.24) is 15.1 Å². The smallest absolute Gasteiger partial charge is 0.123 e. The molecule has 1 aromatic heterocycles. The predicted molar refractivity (Wildman–Crippen MR) is 101 cm³/mol. The Balaban J connectivity index is 1.54. The van der Waals surface area contributed by atoms with E-state index in [-0.39, 0.29) is 0 Å². The van der Waals surface area contributed by atoms with Crippen molar-refractivity contribution in [3.05, 3.63) is 58.8 Å². The molecule has 0 bridgehead atoms. The zero-order valence-corrected chi connectivity index (χ0v) is 15.2. The van der Waals surface area contributed by atoms with Gasteiger partial charge in [0.15, 0.2) is 0 Å². The first-order valence-electron chi connectivity index (χ1n) is 9.04. The van der Waals surface area contributed by atoms with Crippen molar-refractivity contribution in [2.45, 2.75) is 46.4 Å². The summed E-state index contributed by atoms with van der Waals surface area (Å²) in [4.78, 5) is 0. The fourth-order valence-corrected chi connectivity index (χ4v) is 3.51. The number of nitrogens with zero attached hydrogens (tertiary/aromatic N) is 2. The van der Waals surface area contributed by atoms with Gasteiger partial charge in [0.2, 0.25) is 0 Å². The van der Waals surface area contributed by atoms with Crippen LogP contribution in [0.15, 0.2) is 36.5 Å². The van der Waals surface area contributed by atoms with Gasteiger partial charge >= 0.3 is 0 Å². The molecule has 0 aliphatic carbocycles. The van der Waals surface area contributed by atoms with Crippen molar-refractivity contribution in [2.75, 3.05) is 6.54 Å². The lowest BCUT2D eigenvalue weighted by Gasteiger charge is -2.21. The number of benzene rings is 2. The van der Waals surface area contributed by atoms with Crippen LogP contribution in [0, 0.1) is 6.92 Å². The summed E-state index contributed by atoms with van der Waals surface area (Å²) in [5.74, 6) is 0.999. The van der Waals surface area contributed by atoms with Crippen LogP contribution in [0.1, 0.15) is 42.1 Å². The maximum Gasteiger partial charge on any atom is 0.123 e. The quantitative estimate of drug-likeness (QED) is 0.778. The predicted octanol–water partition coefficient (Wildman–Crippen LogP) is 4.15. The van der Waals surface area contributed by atoms with Crippen LogP contribution in [0.25, 0.3) is 10.9 Å². The van der Waals surface area contributed by atoms with Crippen LogP contribution >= 0.6 is 0 Å². The molecule has 1 aliphatic heterocycles. The minimum Gasteiger partial charge on any atom is -0.489 e. The molecular formula is C21H25N3O. The van der Waals surface area contributed by atoms with Gasteiger partial charge in [-0.15, -0.1) is 0 Å². The van der Waals surface area contributed by atoms with Crippen molar-refractivity contribution >= 4 is 10.9 Å². The molecule has 0 unspecified atom stereocenters. The molecule has 4 nitrogen and oxygen atoms in total. The van der Waals surface area contributed by atoms with Crippen LogP contribution in [-0.4, -0.2) is 16.3 Å². The monoisotopic (exact) mass is 335 g/mol. The average molecular weight is 335 g/mol. The van der Waals surface area contributed by atoms with Gasteiger partial charge in [0.1, 0.15) is 12.4 Å². The summed E-state index contributed by atoms with van der Waals surface area (Å²) in [6, 6.07) is 11.0. The minimum absolute atomic E-state index is 0.375. The van der Waals surface area contributed by atoms with Crippen LogP contribution in [0.3, 0.4) is 0 Å². The van der Waals surface area contributed by atoms with Crippen LogP contribution in [-0.2, 0) is 19.6 Å². The summed E-state index contributed by atoms with van der Waals surface area (Å²) in [6.07, 6.45) is 3.19. The summed E-state index contributed by atoms with van der Waals surface area (Å²) in [7, 11) is 0. The fourth-order valence-electron chi connectivity index (χ4n) is 3.51. The number of hydrogen-bond acceptors (Lipinski definition) is 3. The first-order chi connectivity index (χ1) is 12.1. The SMILES string of the molecule is Cc1c(OCc2ccc3nn(C(C)C)cc3c2)ccc2c1CCNC2. The lowest BCUT2D eigenvalue weighted by molar-refractivity contribution is 0.303. The van der Waals surface area contributed by atoms with E-state index in [0.717, 1.165) is 30.8 Å². The fraction of sp³-hybridized carbons (Fsp3) is 0.381. The average Bonchev–Trinajstić information content (AvgIpc) is 3.05. The van der Waals surface area contributed by atoms with E-state index in [4.69, 9.17) is 4.74 Å². The van der Waals surface area contributed by atoms with Gasteiger partial charge < -0.3 is 10.1 Å². The van der Waals surface area contributed by atoms with E-state index in [0.29, 0.717) is 12.6 Å². The van der Waals surface area contributed by atoms with E-state index in [1.807, 2.05) is 4.68 Å². The van der Waals surface area contributed by atoms with Gasteiger partial charge in [-0.2, -0.15) is 5.10 Å². The van der Waals surface area contributed by atoms with Crippen molar-refractivity contribution in [1.29, 1.82) is 0 Å². The van der Waals surface area contributed by atoms with E-state index >= 15 is 0 Å². The third kappa shape index (κ3) is 3.14. The van der Waals surface area contributed by atoms with Crippen molar-refractivity contribution in [2.24, 2.45) is 0 Å². The number of aromatic nitrogens is 2. The number of rotatable bonds is 4. The number of nitrogens with one attached hydrogen (secondary N) is 1. The molecule has 0 atom stereocenters. The summed E-state index contributed by atoms with van der Waals surface area (Å²) in [5, 5.41) is 9.20. The molecule has 1 N–H and O–H groups in total. The van der Waals surface area contributed by atoms with Crippen LogP contribution in [0.5, 0.6) is 5.75 Å². The van der Waals surface area contributed by atoms with Gasteiger partial charge in [-0.05, 0) is 74.2 Å². The van der Waals surface area contributed by atoms with Crippen LogP contribution in [0.2, 0.25) is 0 Å². The third-order valence-corrected chi connectivity index (χ3v) is 5.02. The molecular weight excluding hydrogens is 310 g/mol. The molecule has 0 radical (unpaired) electrons. The van der Waals surface area contributed by atoms with E-state index < -0.39 is 0 Å². The largest absolute Gasteiger partial charge is 0.489 e. The molecule has 0 spiro atoms. The molecule has 0 fully saturated rings. The minimum atomic E-state index is 0.375. The second-order valence-electron chi connectivity index (χ2n) is 7.14. The maximum atomic E-state index is 6.14. The molecule has 1 aliphatic rings. The van der Waals surface area contributed by atoms with E-state index in [1.165, 1.54) is 27.6 Å². The van der Waals surface area contributed by atoms with Gasteiger partial charge in [-0.25, -0.2) is 0 Å². The Labute approximate surface area is 148 Å². The second-order valence-corrected chi connectivity index (χ2v) is 7.14. The summed E-state index contributed by atoms with van der Waals surface area (Å²) in [6.45, 7) is 9.06. The normalized spacial score (nSPS) is 14.1. The number of fused-ring (bicyclic) bond motifs is 2. The molecule has 0 saturated heterocycles.